The standard InChI is InChI=1S/C42H53N5O10S.C37H44N4O8.C5H11NO3S.BH.U/c1-9-27-22-42(27,38(50)46-58(52,53)41(17-18-41)24-54-7)45-36(48)33-20-29(23-47(33)37(49)35(25(2)3)44-39(51)57-40(4,5)6)56-34-21-31(26-13-11-10-12-14-26)43-32-19-28(55-8)15-16-30(32)34;1-8-23-19-37(23,34(44)45)40-32(42)29-17-25(20-41(29)33(43)31(21(2)3)39-35(46)49-36(4,5)6)48-30-18-27(22-12-10-9-11-13-22)38-28-16-24(47-7)14-15-26(28)30;1-9-4-5(2-3-5)10(6,7)8;;/h9-16,19,21,25,27,29,33,35H,1,17-18,20,22-24H2,2-8H3,(H,44,51)(H,45,48)(H,46,50);8-16,18,21,23,25,29,31H,1,17,19-20H2,2-7H3,(H,39,46)(H,40,42)(H,44,45);2-4H2,1H3,(H2,6,7,8);1H;/t27-,29-,33+,35+,42-;23-,25-,29+,31+,37-;;;/m11.../s1/i;;;1D;. The number of carboxylic acids is 1. The van der Waals surface area contributed by atoms with Crippen LogP contribution in [0.5, 0.6) is 23.0 Å². The van der Waals surface area contributed by atoms with Crippen LogP contribution < -0.4 is 50.1 Å². The molecule has 119 heavy (non-hydrogen) atoms. The maximum atomic E-state index is 14.5. The Bertz CT molecular complexity index is 5000. The molecule has 31 nitrogen and oxygen atoms in total. The Morgan fingerprint density at radius 3 is 1.29 bits per heavy atom. The summed E-state index contributed by atoms with van der Waals surface area (Å²) in [5, 5.41) is 27.2. The Balaban J connectivity index is 0.000000263. The van der Waals surface area contributed by atoms with Crippen LogP contribution in [0.2, 0.25) is 0 Å². The minimum atomic E-state index is -4.16. The van der Waals surface area contributed by atoms with Gasteiger partial charge in [-0.3, -0.25) is 28.7 Å². The van der Waals surface area contributed by atoms with Crippen molar-refractivity contribution in [2.75, 3.05) is 54.7 Å². The molecule has 2 saturated heterocycles. The molecule has 0 unspecified atom stereocenters. The summed E-state index contributed by atoms with van der Waals surface area (Å²) in [5.41, 5.74) is -0.531. The van der Waals surface area contributed by atoms with Gasteiger partial charge in [-0.25, -0.2) is 46.3 Å². The van der Waals surface area contributed by atoms with Crippen molar-refractivity contribution in [2.24, 2.45) is 28.8 Å². The van der Waals surface area contributed by atoms with E-state index in [1.54, 1.807) is 108 Å². The molecule has 2 aliphatic heterocycles. The molecule has 4 heterocycles. The molecule has 4 aromatic carbocycles. The number of primary sulfonamides is 1. The fourth-order valence-electron chi connectivity index (χ4n) is 14.5. The average molecular weight is 1910 g/mol. The Labute approximate surface area is 721 Å². The number of amides is 7. The van der Waals surface area contributed by atoms with Crippen molar-refractivity contribution in [1.29, 1.82) is 1.34 Å². The van der Waals surface area contributed by atoms with Gasteiger partial charge in [0.25, 0.3) is 5.91 Å². The zero-order valence-electron chi connectivity index (χ0n) is 70.6. The molecule has 12 rings (SSSR count). The van der Waals surface area contributed by atoms with Crippen LogP contribution >= 0.6 is 0 Å². The van der Waals surface area contributed by atoms with Gasteiger partial charge in [-0.05, 0) is 118 Å². The van der Waals surface area contributed by atoms with Crippen LogP contribution in [0.1, 0.15) is 121 Å². The molecule has 35 heteroatoms. The van der Waals surface area contributed by atoms with Gasteiger partial charge in [0.1, 0.15) is 91.1 Å². The Kier molecular flexibility index (Phi) is 30.0. The minimum Gasteiger partial charge on any atom is -0.497 e. The number of hydrogen-bond acceptors (Lipinski definition) is 22. The second kappa shape index (κ2) is 38.1. The van der Waals surface area contributed by atoms with Gasteiger partial charge < -0.3 is 74.1 Å². The first-order chi connectivity index (χ1) is 56.0. The molecule has 8 N–H and O–H groups in total. The van der Waals surface area contributed by atoms with E-state index >= 15 is 0 Å². The molecule has 6 aliphatic rings. The Hall–Kier alpha value is -9.36. The molecule has 640 valence electrons. The Morgan fingerprint density at radius 2 is 0.975 bits per heavy atom. The first kappa shape index (κ1) is 93.5. The molecule has 4 saturated carbocycles. The van der Waals surface area contributed by atoms with E-state index in [0.717, 1.165) is 11.1 Å². The number of fused-ring (bicyclic) bond motifs is 2. The van der Waals surface area contributed by atoms with Crippen molar-refractivity contribution in [3.63, 3.8) is 0 Å². The van der Waals surface area contributed by atoms with Gasteiger partial charge in [-0.1, -0.05) is 101 Å². The molecule has 0 spiro atoms. The second-order valence-corrected chi connectivity index (χ2v) is 37.3. The molecule has 6 aromatic rings. The average Bonchev–Trinajstić information content (AvgIpc) is 1.55. The Morgan fingerprint density at radius 1 is 0.597 bits per heavy atom. The maximum absolute atomic E-state index is 14.5. The number of sulfonamides is 2. The number of benzene rings is 4. The fraction of sp³-hybridized carbons (Fsp3) is 0.500. The number of nitrogens with one attached hydrogen (secondary N) is 5. The third-order valence-electron chi connectivity index (χ3n) is 21.5. The van der Waals surface area contributed by atoms with Gasteiger partial charge in [0, 0.05) is 125 Å². The second-order valence-electron chi connectivity index (χ2n) is 33.2. The molecule has 10 atom stereocenters. The third kappa shape index (κ3) is 22.2. The zero-order chi connectivity index (χ0) is 87.7. The molecule has 7 amide bonds. The first-order valence-corrected chi connectivity index (χ1v) is 41.8. The largest absolute Gasteiger partial charge is 0.497 e. The molecule has 2 aromatic heterocycles. The van der Waals surface area contributed by atoms with E-state index in [9.17, 15) is 60.3 Å². The van der Waals surface area contributed by atoms with Gasteiger partial charge in [-0.15, -0.1) is 13.2 Å². The van der Waals surface area contributed by atoms with E-state index in [4.69, 9.17) is 54.3 Å². The number of nitrogens with zero attached hydrogens (tertiary/aromatic N) is 4. The van der Waals surface area contributed by atoms with E-state index in [-0.39, 0.29) is 89.0 Å². The van der Waals surface area contributed by atoms with Crippen molar-refractivity contribution in [3.8, 4) is 45.5 Å². The summed E-state index contributed by atoms with van der Waals surface area (Å²) in [5.74, 6) is -4.10. The maximum Gasteiger partial charge on any atom is 0.408 e. The number of pyridine rings is 2. The number of carboxylic acid groups (broad SMARTS) is 1. The van der Waals surface area contributed by atoms with Gasteiger partial charge >= 0.3 is 18.2 Å². The summed E-state index contributed by atoms with van der Waals surface area (Å²) >= 11 is 0. The number of carbonyl (C=O) groups excluding carboxylic acids is 7. The summed E-state index contributed by atoms with van der Waals surface area (Å²) in [6.45, 7) is 24.9. The number of likely N-dealkylation sites (tertiary alicyclic amines) is 2. The number of aliphatic carboxylic acids is 1. The van der Waals surface area contributed by atoms with Gasteiger partial charge in [0.2, 0.25) is 43.7 Å². The first-order valence-electron chi connectivity index (χ1n) is 39.3. The van der Waals surface area contributed by atoms with E-state index in [1.807, 2.05) is 84.9 Å². The van der Waals surface area contributed by atoms with Crippen molar-refractivity contribution in [3.05, 3.63) is 135 Å². The van der Waals surface area contributed by atoms with E-state index in [0.29, 0.717) is 81.9 Å². The number of nitrogens with two attached hydrogens (primary N) is 1. The summed E-state index contributed by atoms with van der Waals surface area (Å²) in [6.07, 6.45) is 2.33. The number of alkyl carbamates (subject to hydrolysis) is 2. The van der Waals surface area contributed by atoms with Gasteiger partial charge in [0.15, 0.2) is 0 Å². The number of aromatic nitrogens is 2. The molecule has 6 fully saturated rings. The van der Waals surface area contributed by atoms with Gasteiger partial charge in [-0.2, -0.15) is 0 Å². The quantitative estimate of drug-likeness (QED) is 0.0171. The summed E-state index contributed by atoms with van der Waals surface area (Å²) in [6, 6.07) is 29.2. The summed E-state index contributed by atoms with van der Waals surface area (Å²) < 4.78 is 98.8. The predicted molar refractivity (Wildman–Crippen MR) is 444 cm³/mol. The van der Waals surface area contributed by atoms with E-state index < -0.39 is 154 Å². The number of hydrogen-bond donors (Lipinski definition) is 7. The van der Waals surface area contributed by atoms with Crippen molar-refractivity contribution in [2.45, 2.75) is 189 Å². The fourth-order valence-corrected chi connectivity index (χ4v) is 17.0. The summed E-state index contributed by atoms with van der Waals surface area (Å²) in [7, 11) is 2.22. The minimum absolute atomic E-state index is 0. The summed E-state index contributed by atoms with van der Waals surface area (Å²) in [4.78, 5) is 121. The number of ether oxygens (including phenoxy) is 8. The van der Waals surface area contributed by atoms with Crippen LogP contribution in [0.4, 0.5) is 9.59 Å². The van der Waals surface area contributed by atoms with Crippen LogP contribution in [0.25, 0.3) is 44.3 Å². The number of rotatable bonds is 29. The predicted octanol–water partition coefficient (Wildman–Crippen LogP) is 8.25. The smallest absolute Gasteiger partial charge is 0.408 e. The van der Waals surface area contributed by atoms with E-state index in [1.165, 1.54) is 36.2 Å². The van der Waals surface area contributed by atoms with Crippen LogP contribution in [-0.2, 0) is 67.8 Å². The van der Waals surface area contributed by atoms with Crippen molar-refractivity contribution in [1.82, 2.24) is 45.8 Å². The van der Waals surface area contributed by atoms with Crippen molar-refractivity contribution >= 4 is 97.9 Å². The molecular formula is C84H109BN10O21S2U. The number of carbonyl (C=O) groups is 8. The van der Waals surface area contributed by atoms with Crippen molar-refractivity contribution < 1.29 is 129 Å². The normalized spacial score (nSPS) is 22.2. The monoisotopic (exact) mass is 1910 g/mol. The molecule has 0 bridgehead atoms. The van der Waals surface area contributed by atoms with Crippen LogP contribution in [-0.4, -0.2) is 222 Å². The molecular weight excluding hydrogens is 1800 g/mol. The van der Waals surface area contributed by atoms with E-state index in [2.05, 4.69) is 47.5 Å². The topological polar surface area (TPSA) is 417 Å². The van der Waals surface area contributed by atoms with Crippen LogP contribution in [0, 0.1) is 54.8 Å². The third-order valence-corrected chi connectivity index (χ3v) is 25.4. The molecule has 4 aliphatic carbocycles. The van der Waals surface area contributed by atoms with Gasteiger partial charge in [0.05, 0.1) is 62.9 Å². The van der Waals surface area contributed by atoms with Crippen LogP contribution in [0.3, 0.4) is 0 Å². The zero-order valence-corrected chi connectivity index (χ0v) is 75.4. The van der Waals surface area contributed by atoms with Crippen LogP contribution in [0.15, 0.2) is 135 Å². The SMILES string of the molecule is C=C[C@@H]1C[C@]1(NC(=O)[C@@H]1C[C@@H](Oc2cc(-c3ccccc3)nc3cc(OC)ccc23)CN1C(=O)[C@@H](NC(=O)OC(C)(C)C)C(C)C)C(=O)NS(=O)(=O)C1(COC)CC1.C=C[C@@H]1C[C@]1(NC(=O)[C@@H]1C[C@@H](Oc2cc(-c3ccccc3)nc3cc(OC)ccc23)CN1C(=O)[C@@H](NC(=O)OC(C)(C)C)C(C)C)C(=O)O.COCC1(S(N)(=O)=O)CC1.[2H][B].[U]. The number of methoxy groups -OCH3 is 4. The molecule has 2 radical (unpaired) electrons.